The maximum Gasteiger partial charge on any atom is 0.253 e. The number of halogens is 1. The van der Waals surface area contributed by atoms with Crippen LogP contribution in [0.5, 0.6) is 0 Å². The van der Waals surface area contributed by atoms with E-state index in [9.17, 15) is 9.18 Å². The first-order valence-corrected chi connectivity index (χ1v) is 5.17. The highest BCUT2D eigenvalue weighted by molar-refractivity contribution is 5.99. The van der Waals surface area contributed by atoms with E-state index in [-0.39, 0.29) is 17.6 Å². The molecule has 0 atom stereocenters. The number of nitrogens with one attached hydrogen (secondary N) is 1. The van der Waals surface area contributed by atoms with E-state index in [0.29, 0.717) is 5.56 Å². The number of nitrogen functional groups attached to an aromatic ring is 1. The molecule has 0 fully saturated rings. The van der Waals surface area contributed by atoms with Gasteiger partial charge in [-0.05, 0) is 31.0 Å². The molecule has 84 valence electrons. The van der Waals surface area contributed by atoms with Gasteiger partial charge in [-0.3, -0.25) is 4.79 Å². The third-order valence-corrected chi connectivity index (χ3v) is 2.60. The fourth-order valence-corrected chi connectivity index (χ4v) is 1.74. The molecular weight excluding hydrogens is 207 g/mol. The van der Waals surface area contributed by atoms with Crippen molar-refractivity contribution >= 4 is 11.6 Å². The zero-order chi connectivity index (χ0) is 11.5. The average Bonchev–Trinajstić information content (AvgIpc) is 2.70. The summed E-state index contributed by atoms with van der Waals surface area (Å²) in [5.41, 5.74) is 6.08. The Bertz CT molecular complexity index is 435. The standard InChI is InChI=1S/C12H13FN2O/c13-8-5-6-10(11(14)7-8)12(16)15-9-3-1-2-4-9/h1-2,5-7,9H,3-4,14H2,(H,15,16). The minimum absolute atomic E-state index is 0.136. The van der Waals surface area contributed by atoms with Gasteiger partial charge in [0.1, 0.15) is 5.82 Å². The number of amides is 1. The molecule has 1 aromatic carbocycles. The molecule has 1 aliphatic rings. The molecule has 1 aromatic rings. The fraction of sp³-hybridized carbons (Fsp3) is 0.250. The number of hydrogen-bond donors (Lipinski definition) is 2. The highest BCUT2D eigenvalue weighted by atomic mass is 19.1. The number of carbonyl (C=O) groups is 1. The van der Waals surface area contributed by atoms with Crippen LogP contribution in [0.4, 0.5) is 10.1 Å². The summed E-state index contributed by atoms with van der Waals surface area (Å²) in [5, 5.41) is 2.85. The zero-order valence-electron chi connectivity index (χ0n) is 8.74. The van der Waals surface area contributed by atoms with E-state index in [0.717, 1.165) is 18.9 Å². The third kappa shape index (κ3) is 2.21. The molecule has 0 heterocycles. The van der Waals surface area contributed by atoms with Crippen molar-refractivity contribution in [1.29, 1.82) is 0 Å². The van der Waals surface area contributed by atoms with Crippen LogP contribution in [0.3, 0.4) is 0 Å². The molecule has 1 aliphatic carbocycles. The molecule has 3 N–H and O–H groups in total. The van der Waals surface area contributed by atoms with E-state index >= 15 is 0 Å². The van der Waals surface area contributed by atoms with E-state index in [2.05, 4.69) is 5.32 Å². The molecule has 16 heavy (non-hydrogen) atoms. The molecule has 3 nitrogen and oxygen atoms in total. The second-order valence-corrected chi connectivity index (χ2v) is 3.84. The first-order valence-electron chi connectivity index (χ1n) is 5.17. The summed E-state index contributed by atoms with van der Waals surface area (Å²) >= 11 is 0. The van der Waals surface area contributed by atoms with Gasteiger partial charge in [-0.1, -0.05) is 12.2 Å². The monoisotopic (exact) mass is 220 g/mol. The van der Waals surface area contributed by atoms with Crippen LogP contribution < -0.4 is 11.1 Å². The summed E-state index contributed by atoms with van der Waals surface area (Å²) < 4.78 is 12.8. The van der Waals surface area contributed by atoms with Crippen LogP contribution in [0.2, 0.25) is 0 Å². The summed E-state index contributed by atoms with van der Waals surface area (Å²) in [7, 11) is 0. The lowest BCUT2D eigenvalue weighted by molar-refractivity contribution is 0.0940. The smallest absolute Gasteiger partial charge is 0.253 e. The van der Waals surface area contributed by atoms with Gasteiger partial charge in [0.05, 0.1) is 5.56 Å². The number of nitrogens with two attached hydrogens (primary N) is 1. The van der Waals surface area contributed by atoms with Crippen LogP contribution in [0.15, 0.2) is 30.4 Å². The molecule has 0 aromatic heterocycles. The van der Waals surface area contributed by atoms with Crippen molar-refractivity contribution in [2.75, 3.05) is 5.73 Å². The Kier molecular flexibility index (Phi) is 2.90. The number of hydrogen-bond acceptors (Lipinski definition) is 2. The molecule has 1 amide bonds. The predicted molar refractivity (Wildman–Crippen MR) is 60.4 cm³/mol. The molecule has 0 aliphatic heterocycles. The van der Waals surface area contributed by atoms with E-state index in [4.69, 9.17) is 5.73 Å². The van der Waals surface area contributed by atoms with Gasteiger partial charge >= 0.3 is 0 Å². The first-order chi connectivity index (χ1) is 7.66. The van der Waals surface area contributed by atoms with Crippen LogP contribution in [-0.2, 0) is 0 Å². The summed E-state index contributed by atoms with van der Waals surface area (Å²) in [6, 6.07) is 3.93. The Morgan fingerprint density at radius 2 is 2.06 bits per heavy atom. The first kappa shape index (κ1) is 10.7. The summed E-state index contributed by atoms with van der Waals surface area (Å²) in [5.74, 6) is -0.678. The van der Waals surface area contributed by atoms with Gasteiger partial charge in [0.2, 0.25) is 0 Å². The third-order valence-electron chi connectivity index (χ3n) is 2.60. The summed E-state index contributed by atoms with van der Waals surface area (Å²) in [6.45, 7) is 0. The van der Waals surface area contributed by atoms with Gasteiger partial charge in [0.15, 0.2) is 0 Å². The van der Waals surface area contributed by atoms with Crippen LogP contribution in [0.25, 0.3) is 0 Å². The van der Waals surface area contributed by atoms with E-state index < -0.39 is 5.82 Å². The Hall–Kier alpha value is -1.84. The van der Waals surface area contributed by atoms with Gasteiger partial charge in [0.25, 0.3) is 5.91 Å². The molecule has 0 radical (unpaired) electrons. The number of benzene rings is 1. The van der Waals surface area contributed by atoms with Gasteiger partial charge in [-0.25, -0.2) is 4.39 Å². The maximum atomic E-state index is 12.8. The molecule has 0 bridgehead atoms. The van der Waals surface area contributed by atoms with Crippen molar-refractivity contribution in [3.05, 3.63) is 41.7 Å². The molecule has 0 saturated heterocycles. The second-order valence-electron chi connectivity index (χ2n) is 3.84. The Morgan fingerprint density at radius 3 is 2.69 bits per heavy atom. The van der Waals surface area contributed by atoms with E-state index in [1.165, 1.54) is 12.1 Å². The number of rotatable bonds is 2. The minimum Gasteiger partial charge on any atom is -0.398 e. The molecule has 0 saturated carbocycles. The van der Waals surface area contributed by atoms with Crippen molar-refractivity contribution in [2.24, 2.45) is 0 Å². The van der Waals surface area contributed by atoms with Crippen LogP contribution in [0.1, 0.15) is 23.2 Å². The number of carbonyl (C=O) groups excluding carboxylic acids is 1. The molecule has 0 unspecified atom stereocenters. The largest absolute Gasteiger partial charge is 0.398 e. The normalized spacial score (nSPS) is 15.3. The predicted octanol–water partition coefficient (Wildman–Crippen LogP) is 1.86. The lowest BCUT2D eigenvalue weighted by Crippen LogP contribution is -2.33. The lowest BCUT2D eigenvalue weighted by atomic mass is 10.1. The molecule has 4 heteroatoms. The lowest BCUT2D eigenvalue weighted by Gasteiger charge is -2.13. The van der Waals surface area contributed by atoms with Crippen LogP contribution >= 0.6 is 0 Å². The highest BCUT2D eigenvalue weighted by Gasteiger charge is 2.16. The Labute approximate surface area is 93.1 Å². The number of anilines is 1. The van der Waals surface area contributed by atoms with Crippen molar-refractivity contribution in [1.82, 2.24) is 5.32 Å². The van der Waals surface area contributed by atoms with Crippen molar-refractivity contribution in [3.8, 4) is 0 Å². The van der Waals surface area contributed by atoms with Gasteiger partial charge in [-0.2, -0.15) is 0 Å². The maximum absolute atomic E-state index is 12.8. The van der Waals surface area contributed by atoms with Gasteiger partial charge in [-0.15, -0.1) is 0 Å². The average molecular weight is 220 g/mol. The molecular formula is C12H13FN2O. The summed E-state index contributed by atoms with van der Waals surface area (Å²) in [6.07, 6.45) is 5.73. The van der Waals surface area contributed by atoms with Crippen LogP contribution in [-0.4, -0.2) is 11.9 Å². The second kappa shape index (κ2) is 4.35. The zero-order valence-corrected chi connectivity index (χ0v) is 8.74. The Morgan fingerprint density at radius 1 is 1.38 bits per heavy atom. The van der Waals surface area contributed by atoms with Gasteiger partial charge < -0.3 is 11.1 Å². The topological polar surface area (TPSA) is 55.1 Å². The Balaban J connectivity index is 2.08. The summed E-state index contributed by atoms with van der Waals surface area (Å²) in [4.78, 5) is 11.8. The van der Waals surface area contributed by atoms with Gasteiger partial charge in [0, 0.05) is 11.7 Å². The van der Waals surface area contributed by atoms with E-state index in [1.54, 1.807) is 0 Å². The molecule has 0 spiro atoms. The van der Waals surface area contributed by atoms with Crippen molar-refractivity contribution in [3.63, 3.8) is 0 Å². The highest BCUT2D eigenvalue weighted by Crippen LogP contribution is 2.15. The minimum atomic E-state index is -0.434. The quantitative estimate of drug-likeness (QED) is 0.590. The SMILES string of the molecule is Nc1cc(F)ccc1C(=O)NC1CC=CC1. The van der Waals surface area contributed by atoms with Crippen LogP contribution in [0, 0.1) is 5.82 Å². The fourth-order valence-electron chi connectivity index (χ4n) is 1.74. The van der Waals surface area contributed by atoms with Crippen molar-refractivity contribution in [2.45, 2.75) is 18.9 Å². The van der Waals surface area contributed by atoms with E-state index in [1.807, 2.05) is 12.2 Å². The molecule has 2 rings (SSSR count). The van der Waals surface area contributed by atoms with Crippen molar-refractivity contribution < 1.29 is 9.18 Å².